The highest BCUT2D eigenvalue weighted by Crippen LogP contribution is 2.32. The normalized spacial score (nSPS) is 13.4. The molecule has 22 heavy (non-hydrogen) atoms. The van der Waals surface area contributed by atoms with Crippen LogP contribution in [0.2, 0.25) is 5.02 Å². The topological polar surface area (TPSA) is 38.1 Å². The zero-order chi connectivity index (χ0) is 16.5. The number of nitrogens with zero attached hydrogens (tertiary/aromatic N) is 1. The van der Waals surface area contributed by atoms with Crippen molar-refractivity contribution < 1.29 is 17.7 Å². The monoisotopic (exact) mass is 332 g/mol. The molecular formula is C15H16ClF3N2O. The lowest BCUT2D eigenvalue weighted by Crippen LogP contribution is -2.19. The fraction of sp³-hybridized carbons (Fsp3) is 0.400. The average Bonchev–Trinajstić information content (AvgIpc) is 2.75. The van der Waals surface area contributed by atoms with Gasteiger partial charge >= 0.3 is 6.18 Å². The molecule has 1 aromatic heterocycles. The molecule has 7 heteroatoms. The molecule has 1 heterocycles. The van der Waals surface area contributed by atoms with Gasteiger partial charge in [0.2, 0.25) is 0 Å². The van der Waals surface area contributed by atoms with E-state index in [1.165, 1.54) is 6.07 Å². The van der Waals surface area contributed by atoms with Gasteiger partial charge in [0.15, 0.2) is 0 Å². The Morgan fingerprint density at radius 3 is 2.55 bits per heavy atom. The molecule has 2 rings (SSSR count). The number of rotatable bonds is 4. The van der Waals surface area contributed by atoms with E-state index in [0.717, 1.165) is 23.4 Å². The van der Waals surface area contributed by atoms with Gasteiger partial charge in [-0.25, -0.2) is 0 Å². The van der Waals surface area contributed by atoms with Gasteiger partial charge in [0.25, 0.3) is 0 Å². The van der Waals surface area contributed by atoms with Crippen molar-refractivity contribution in [3.63, 3.8) is 0 Å². The predicted octanol–water partition coefficient (Wildman–Crippen LogP) is 4.81. The molecule has 1 unspecified atom stereocenters. The van der Waals surface area contributed by atoms with Gasteiger partial charge in [-0.15, -0.1) is 0 Å². The van der Waals surface area contributed by atoms with Crippen LogP contribution in [-0.2, 0) is 12.7 Å². The van der Waals surface area contributed by atoms with Crippen LogP contribution in [0.4, 0.5) is 13.2 Å². The van der Waals surface area contributed by atoms with Crippen LogP contribution in [-0.4, -0.2) is 5.16 Å². The molecule has 0 radical (unpaired) electrons. The maximum atomic E-state index is 12.7. The SMILES string of the molecule is Cc1noc(C)c1C(C)NCc1cc(C(F)(F)F)ccc1Cl. The van der Waals surface area contributed by atoms with Crippen molar-refractivity contribution in [3.05, 3.63) is 51.4 Å². The number of nitrogens with one attached hydrogen (secondary N) is 1. The Labute approximate surface area is 131 Å². The molecule has 1 aromatic carbocycles. The highest BCUT2D eigenvalue weighted by atomic mass is 35.5. The molecule has 0 saturated carbocycles. The van der Waals surface area contributed by atoms with Crippen molar-refractivity contribution in [1.29, 1.82) is 0 Å². The van der Waals surface area contributed by atoms with Crippen molar-refractivity contribution in [3.8, 4) is 0 Å². The standard InChI is InChI=1S/C15H16ClF3N2O/c1-8(14-9(2)21-22-10(14)3)20-7-11-6-12(15(17,18)19)4-5-13(11)16/h4-6,8,20H,7H2,1-3H3. The number of aromatic nitrogens is 1. The fourth-order valence-electron chi connectivity index (χ4n) is 2.36. The van der Waals surface area contributed by atoms with Crippen molar-refractivity contribution in [2.75, 3.05) is 0 Å². The van der Waals surface area contributed by atoms with Gasteiger partial charge in [0.05, 0.1) is 11.3 Å². The Balaban J connectivity index is 2.15. The van der Waals surface area contributed by atoms with Gasteiger partial charge in [-0.3, -0.25) is 0 Å². The molecule has 0 aliphatic carbocycles. The first-order chi connectivity index (χ1) is 10.2. The summed E-state index contributed by atoms with van der Waals surface area (Å²) in [6.45, 7) is 5.73. The number of halogens is 4. The molecule has 0 amide bonds. The lowest BCUT2D eigenvalue weighted by Gasteiger charge is -2.15. The molecule has 2 aromatic rings. The summed E-state index contributed by atoms with van der Waals surface area (Å²) in [7, 11) is 0. The minimum absolute atomic E-state index is 0.114. The van der Waals surface area contributed by atoms with Crippen LogP contribution in [0.5, 0.6) is 0 Å². The van der Waals surface area contributed by atoms with E-state index in [2.05, 4.69) is 10.5 Å². The third-order valence-corrected chi connectivity index (χ3v) is 3.86. The maximum absolute atomic E-state index is 12.7. The number of alkyl halides is 3. The highest BCUT2D eigenvalue weighted by molar-refractivity contribution is 6.31. The molecule has 0 bridgehead atoms. The van der Waals surface area contributed by atoms with Crippen LogP contribution in [0.25, 0.3) is 0 Å². The van der Waals surface area contributed by atoms with Gasteiger partial charge in [0, 0.05) is 23.2 Å². The summed E-state index contributed by atoms with van der Waals surface area (Å²) in [5.74, 6) is 0.688. The van der Waals surface area contributed by atoms with Crippen molar-refractivity contribution in [2.24, 2.45) is 0 Å². The second kappa shape index (κ2) is 6.30. The lowest BCUT2D eigenvalue weighted by molar-refractivity contribution is -0.137. The summed E-state index contributed by atoms with van der Waals surface area (Å²) >= 11 is 5.98. The third-order valence-electron chi connectivity index (χ3n) is 3.49. The van der Waals surface area contributed by atoms with Crippen LogP contribution in [0, 0.1) is 13.8 Å². The molecular weight excluding hydrogens is 317 g/mol. The minimum atomic E-state index is -4.38. The summed E-state index contributed by atoms with van der Waals surface area (Å²) in [5.41, 5.74) is 1.35. The van der Waals surface area contributed by atoms with Crippen LogP contribution in [0.1, 0.15) is 41.1 Å². The summed E-state index contributed by atoms with van der Waals surface area (Å²) in [5, 5.41) is 7.31. The maximum Gasteiger partial charge on any atom is 0.416 e. The molecule has 0 saturated heterocycles. The highest BCUT2D eigenvalue weighted by Gasteiger charge is 2.30. The molecule has 0 aliphatic heterocycles. The summed E-state index contributed by atoms with van der Waals surface area (Å²) in [6, 6.07) is 3.19. The first-order valence-electron chi connectivity index (χ1n) is 6.72. The summed E-state index contributed by atoms with van der Waals surface area (Å²) in [4.78, 5) is 0. The first-order valence-corrected chi connectivity index (χ1v) is 7.09. The Morgan fingerprint density at radius 2 is 2.00 bits per heavy atom. The van der Waals surface area contributed by atoms with Gasteiger partial charge in [-0.2, -0.15) is 13.2 Å². The van der Waals surface area contributed by atoms with E-state index in [4.69, 9.17) is 16.1 Å². The Morgan fingerprint density at radius 1 is 1.32 bits per heavy atom. The predicted molar refractivity (Wildman–Crippen MR) is 77.7 cm³/mol. The van der Waals surface area contributed by atoms with Crippen molar-refractivity contribution in [2.45, 2.75) is 39.5 Å². The van der Waals surface area contributed by atoms with E-state index in [1.807, 2.05) is 13.8 Å². The van der Waals surface area contributed by atoms with Gasteiger partial charge < -0.3 is 9.84 Å². The minimum Gasteiger partial charge on any atom is -0.361 e. The Hall–Kier alpha value is -1.53. The van der Waals surface area contributed by atoms with Gasteiger partial charge in [-0.05, 0) is 44.5 Å². The quantitative estimate of drug-likeness (QED) is 0.872. The van der Waals surface area contributed by atoms with E-state index in [9.17, 15) is 13.2 Å². The fourth-order valence-corrected chi connectivity index (χ4v) is 2.54. The van der Waals surface area contributed by atoms with Crippen LogP contribution < -0.4 is 5.32 Å². The number of benzene rings is 1. The molecule has 120 valence electrons. The number of hydrogen-bond acceptors (Lipinski definition) is 3. The van der Waals surface area contributed by atoms with Crippen LogP contribution in [0.15, 0.2) is 22.7 Å². The molecule has 1 N–H and O–H groups in total. The molecule has 0 aliphatic rings. The molecule has 3 nitrogen and oxygen atoms in total. The van der Waals surface area contributed by atoms with E-state index in [1.54, 1.807) is 6.92 Å². The van der Waals surface area contributed by atoms with E-state index in [-0.39, 0.29) is 12.6 Å². The molecule has 1 atom stereocenters. The number of hydrogen-bond donors (Lipinski definition) is 1. The Bertz CT molecular complexity index is 648. The zero-order valence-electron chi connectivity index (χ0n) is 12.4. The smallest absolute Gasteiger partial charge is 0.361 e. The summed E-state index contributed by atoms with van der Waals surface area (Å²) < 4.78 is 43.3. The third kappa shape index (κ3) is 3.62. The first kappa shape index (κ1) is 16.8. The molecule has 0 fully saturated rings. The lowest BCUT2D eigenvalue weighted by atomic mass is 10.1. The average molecular weight is 333 g/mol. The van der Waals surface area contributed by atoms with Gasteiger partial charge in [0.1, 0.15) is 5.76 Å². The van der Waals surface area contributed by atoms with Crippen LogP contribution >= 0.6 is 11.6 Å². The molecule has 0 spiro atoms. The second-order valence-electron chi connectivity index (χ2n) is 5.14. The van der Waals surface area contributed by atoms with Gasteiger partial charge in [-0.1, -0.05) is 16.8 Å². The van der Waals surface area contributed by atoms with E-state index in [0.29, 0.717) is 16.3 Å². The Kier molecular flexibility index (Phi) is 4.82. The van der Waals surface area contributed by atoms with E-state index < -0.39 is 11.7 Å². The summed E-state index contributed by atoms with van der Waals surface area (Å²) in [6.07, 6.45) is -4.38. The number of aryl methyl sites for hydroxylation is 2. The van der Waals surface area contributed by atoms with E-state index >= 15 is 0 Å². The second-order valence-corrected chi connectivity index (χ2v) is 5.55. The van der Waals surface area contributed by atoms with Crippen molar-refractivity contribution in [1.82, 2.24) is 10.5 Å². The zero-order valence-corrected chi connectivity index (χ0v) is 13.1. The largest absolute Gasteiger partial charge is 0.416 e. The van der Waals surface area contributed by atoms with Crippen molar-refractivity contribution >= 4 is 11.6 Å². The van der Waals surface area contributed by atoms with Crippen LogP contribution in [0.3, 0.4) is 0 Å².